The summed E-state index contributed by atoms with van der Waals surface area (Å²) >= 11 is 0. The van der Waals surface area contributed by atoms with E-state index in [0.717, 1.165) is 0 Å². The number of nitrogens with one attached hydrogen (secondary N) is 1. The van der Waals surface area contributed by atoms with Crippen LogP contribution < -0.4 is 5.32 Å². The molecule has 0 aromatic rings. The average molecular weight is 250 g/mol. The molecule has 0 amide bonds. The number of esters is 1. The van der Waals surface area contributed by atoms with Crippen LogP contribution in [0.3, 0.4) is 0 Å². The first-order valence-corrected chi connectivity index (χ1v) is 5.40. The van der Waals surface area contributed by atoms with Crippen molar-refractivity contribution < 1.29 is 14.3 Å². The Kier molecular flexibility index (Phi) is 5.83. The lowest BCUT2D eigenvalue weighted by molar-refractivity contribution is -0.137. The standard InChI is InChI=1S/C13H18N2O3/c1-6-7-11(13(4,8-14)10(3)16)15-9(2)12(17)18-5/h6,11,15H,1-2,7H2,3-5H3/t11-,13?/m1/s1. The third-order valence-electron chi connectivity index (χ3n) is 2.84. The van der Waals surface area contributed by atoms with Crippen LogP contribution >= 0.6 is 0 Å². The highest BCUT2D eigenvalue weighted by atomic mass is 16.5. The SMILES string of the molecule is C=CC[C@@H](NC(=C)C(=O)OC)C(C)(C#N)C(C)=O. The number of hydrogen-bond acceptors (Lipinski definition) is 5. The quantitative estimate of drug-likeness (QED) is 0.419. The van der Waals surface area contributed by atoms with Gasteiger partial charge in [-0.15, -0.1) is 6.58 Å². The van der Waals surface area contributed by atoms with Gasteiger partial charge in [-0.3, -0.25) is 4.79 Å². The van der Waals surface area contributed by atoms with E-state index in [2.05, 4.69) is 23.2 Å². The number of ether oxygens (including phenoxy) is 1. The fourth-order valence-electron chi connectivity index (χ4n) is 1.40. The predicted octanol–water partition coefficient (Wildman–Crippen LogP) is 1.33. The summed E-state index contributed by atoms with van der Waals surface area (Å²) in [7, 11) is 1.23. The van der Waals surface area contributed by atoms with Gasteiger partial charge in [-0.05, 0) is 20.3 Å². The predicted molar refractivity (Wildman–Crippen MR) is 67.3 cm³/mol. The molecule has 0 spiro atoms. The molecular formula is C13H18N2O3. The second kappa shape index (κ2) is 6.60. The van der Waals surface area contributed by atoms with Crippen molar-refractivity contribution in [2.24, 2.45) is 5.41 Å². The largest absolute Gasteiger partial charge is 0.464 e. The summed E-state index contributed by atoms with van der Waals surface area (Å²) in [5, 5.41) is 11.9. The summed E-state index contributed by atoms with van der Waals surface area (Å²) in [6.45, 7) is 9.94. The van der Waals surface area contributed by atoms with Gasteiger partial charge < -0.3 is 10.1 Å². The first-order valence-electron chi connectivity index (χ1n) is 5.40. The number of carbonyl (C=O) groups excluding carboxylic acids is 2. The second-order valence-corrected chi connectivity index (χ2v) is 4.06. The lowest BCUT2D eigenvalue weighted by Crippen LogP contribution is -2.47. The molecule has 0 rings (SSSR count). The maximum absolute atomic E-state index is 11.6. The van der Waals surface area contributed by atoms with Crippen LogP contribution in [0, 0.1) is 16.7 Å². The number of rotatable bonds is 7. The number of hydrogen-bond donors (Lipinski definition) is 1. The van der Waals surface area contributed by atoms with E-state index in [9.17, 15) is 14.9 Å². The molecule has 2 atom stereocenters. The minimum Gasteiger partial charge on any atom is -0.464 e. The molecular weight excluding hydrogens is 232 g/mol. The summed E-state index contributed by atoms with van der Waals surface area (Å²) in [6.07, 6.45) is 1.92. The Morgan fingerprint density at radius 3 is 2.50 bits per heavy atom. The van der Waals surface area contributed by atoms with E-state index in [1.807, 2.05) is 6.07 Å². The van der Waals surface area contributed by atoms with Crippen LogP contribution in [-0.2, 0) is 14.3 Å². The Morgan fingerprint density at radius 2 is 2.17 bits per heavy atom. The van der Waals surface area contributed by atoms with Crippen LogP contribution in [-0.4, -0.2) is 24.9 Å². The van der Waals surface area contributed by atoms with Gasteiger partial charge in [-0.1, -0.05) is 12.7 Å². The van der Waals surface area contributed by atoms with Gasteiger partial charge in [0.1, 0.15) is 11.1 Å². The van der Waals surface area contributed by atoms with E-state index in [1.165, 1.54) is 21.0 Å². The summed E-state index contributed by atoms with van der Waals surface area (Å²) in [5.41, 5.74) is -1.25. The molecule has 0 heterocycles. The Balaban J connectivity index is 5.15. The van der Waals surface area contributed by atoms with Gasteiger partial charge in [0.15, 0.2) is 5.78 Å². The molecule has 5 heteroatoms. The Morgan fingerprint density at radius 1 is 1.61 bits per heavy atom. The lowest BCUT2D eigenvalue weighted by Gasteiger charge is -2.30. The molecule has 5 nitrogen and oxygen atoms in total. The van der Waals surface area contributed by atoms with E-state index in [0.29, 0.717) is 6.42 Å². The third-order valence-corrected chi connectivity index (χ3v) is 2.84. The van der Waals surface area contributed by atoms with Crippen molar-refractivity contribution in [3.8, 4) is 6.07 Å². The van der Waals surface area contributed by atoms with E-state index in [1.54, 1.807) is 6.08 Å². The molecule has 0 aliphatic rings. The van der Waals surface area contributed by atoms with Gasteiger partial charge in [-0.25, -0.2) is 4.79 Å². The van der Waals surface area contributed by atoms with Crippen LogP contribution in [0.15, 0.2) is 24.9 Å². The molecule has 0 aromatic heterocycles. The second-order valence-electron chi connectivity index (χ2n) is 4.06. The fourth-order valence-corrected chi connectivity index (χ4v) is 1.40. The Labute approximate surface area is 107 Å². The average Bonchev–Trinajstić information content (AvgIpc) is 2.35. The summed E-state index contributed by atoms with van der Waals surface area (Å²) < 4.78 is 4.50. The number of nitriles is 1. The molecule has 18 heavy (non-hydrogen) atoms. The molecule has 0 aliphatic carbocycles. The monoisotopic (exact) mass is 250 g/mol. The molecule has 0 saturated carbocycles. The molecule has 0 bridgehead atoms. The number of methoxy groups -OCH3 is 1. The highest BCUT2D eigenvalue weighted by Crippen LogP contribution is 2.25. The van der Waals surface area contributed by atoms with Gasteiger partial charge in [-0.2, -0.15) is 5.26 Å². The van der Waals surface area contributed by atoms with Crippen molar-refractivity contribution in [1.82, 2.24) is 5.32 Å². The molecule has 0 saturated heterocycles. The number of carbonyl (C=O) groups is 2. The zero-order chi connectivity index (χ0) is 14.3. The number of nitrogens with zero attached hydrogens (tertiary/aromatic N) is 1. The smallest absolute Gasteiger partial charge is 0.353 e. The van der Waals surface area contributed by atoms with Crippen LogP contribution in [0.2, 0.25) is 0 Å². The first kappa shape index (κ1) is 15.9. The minimum atomic E-state index is -1.26. The highest BCUT2D eigenvalue weighted by Gasteiger charge is 2.39. The van der Waals surface area contributed by atoms with Gasteiger partial charge in [0.2, 0.25) is 0 Å². The summed E-state index contributed by atoms with van der Waals surface area (Å²) in [4.78, 5) is 22.8. The zero-order valence-electron chi connectivity index (χ0n) is 10.9. The lowest BCUT2D eigenvalue weighted by atomic mass is 9.78. The van der Waals surface area contributed by atoms with Crippen molar-refractivity contribution in [2.75, 3.05) is 7.11 Å². The highest BCUT2D eigenvalue weighted by molar-refractivity contribution is 5.88. The molecule has 0 aliphatic heterocycles. The van der Waals surface area contributed by atoms with E-state index in [-0.39, 0.29) is 11.5 Å². The maximum atomic E-state index is 11.6. The zero-order valence-corrected chi connectivity index (χ0v) is 10.9. The Hall–Kier alpha value is -2.09. The van der Waals surface area contributed by atoms with Crippen LogP contribution in [0.25, 0.3) is 0 Å². The van der Waals surface area contributed by atoms with Gasteiger partial charge >= 0.3 is 5.97 Å². The summed E-state index contributed by atoms with van der Waals surface area (Å²) in [5.74, 6) is -0.921. The molecule has 0 fully saturated rings. The number of Topliss-reactive ketones (excluding diaryl/α,β-unsaturated/α-hetero) is 1. The van der Waals surface area contributed by atoms with E-state index >= 15 is 0 Å². The van der Waals surface area contributed by atoms with Crippen molar-refractivity contribution >= 4 is 11.8 Å². The van der Waals surface area contributed by atoms with Crippen LogP contribution in [0.1, 0.15) is 20.3 Å². The van der Waals surface area contributed by atoms with Gasteiger partial charge in [0, 0.05) is 0 Å². The molecule has 1 N–H and O–H groups in total. The molecule has 1 unspecified atom stereocenters. The molecule has 0 aromatic carbocycles. The third kappa shape index (κ3) is 3.45. The fraction of sp³-hybridized carbons (Fsp3) is 0.462. The topological polar surface area (TPSA) is 79.2 Å². The van der Waals surface area contributed by atoms with Gasteiger partial charge in [0.25, 0.3) is 0 Å². The maximum Gasteiger partial charge on any atom is 0.353 e. The van der Waals surface area contributed by atoms with Crippen LogP contribution in [0.4, 0.5) is 0 Å². The van der Waals surface area contributed by atoms with Crippen molar-refractivity contribution in [1.29, 1.82) is 5.26 Å². The minimum absolute atomic E-state index is 0.00655. The van der Waals surface area contributed by atoms with Crippen LogP contribution in [0.5, 0.6) is 0 Å². The normalized spacial score (nSPS) is 14.6. The van der Waals surface area contributed by atoms with Crippen molar-refractivity contribution in [2.45, 2.75) is 26.3 Å². The van der Waals surface area contributed by atoms with E-state index < -0.39 is 17.4 Å². The Bertz CT molecular complexity index is 409. The van der Waals surface area contributed by atoms with Crippen molar-refractivity contribution in [3.63, 3.8) is 0 Å². The molecule has 98 valence electrons. The van der Waals surface area contributed by atoms with E-state index in [4.69, 9.17) is 0 Å². The number of ketones is 1. The molecule has 0 radical (unpaired) electrons. The summed E-state index contributed by atoms with van der Waals surface area (Å²) in [6, 6.07) is 1.39. The first-order chi connectivity index (χ1) is 8.33. The van der Waals surface area contributed by atoms with Gasteiger partial charge in [0.05, 0.1) is 19.2 Å². The van der Waals surface area contributed by atoms with Crippen molar-refractivity contribution in [3.05, 3.63) is 24.9 Å².